The van der Waals surface area contributed by atoms with E-state index < -0.39 is 9.84 Å². The number of sulfone groups is 1. The van der Waals surface area contributed by atoms with E-state index >= 15 is 0 Å². The summed E-state index contributed by atoms with van der Waals surface area (Å²) >= 11 is 5.97. The second-order valence-corrected chi connectivity index (χ2v) is 6.10. The van der Waals surface area contributed by atoms with Crippen molar-refractivity contribution in [3.63, 3.8) is 0 Å². The van der Waals surface area contributed by atoms with Crippen LogP contribution in [0, 0.1) is 0 Å². The molecule has 1 aromatic rings. The third kappa shape index (κ3) is 2.92. The van der Waals surface area contributed by atoms with Crippen LogP contribution in [0.25, 0.3) is 0 Å². The fourth-order valence-corrected chi connectivity index (χ4v) is 3.13. The molecule has 1 N–H and O–H groups in total. The second-order valence-electron chi connectivity index (χ2n) is 3.76. The normalized spacial score (nSPS) is 21.4. The molecule has 0 bridgehead atoms. The fourth-order valence-electron chi connectivity index (χ4n) is 1.64. The lowest BCUT2D eigenvalue weighted by Crippen LogP contribution is -2.20. The molecule has 0 saturated carbocycles. The Morgan fingerprint density at radius 2 is 2.24 bits per heavy atom. The molecule has 17 heavy (non-hydrogen) atoms. The molecule has 1 aliphatic rings. The van der Waals surface area contributed by atoms with Crippen LogP contribution in [0.2, 0.25) is 5.02 Å². The largest absolute Gasteiger partial charge is 0.495 e. The van der Waals surface area contributed by atoms with Crippen LogP contribution in [0.5, 0.6) is 5.75 Å². The Morgan fingerprint density at radius 1 is 1.47 bits per heavy atom. The summed E-state index contributed by atoms with van der Waals surface area (Å²) < 4.78 is 27.5. The summed E-state index contributed by atoms with van der Waals surface area (Å²) in [5, 5.41) is 4.80. The highest BCUT2D eigenvalue weighted by molar-refractivity contribution is 7.94. The molecule has 1 aliphatic heterocycles. The van der Waals surface area contributed by atoms with Crippen LogP contribution < -0.4 is 10.1 Å². The van der Waals surface area contributed by atoms with Gasteiger partial charge in [-0.15, -0.1) is 0 Å². The summed E-state index contributed by atoms with van der Waals surface area (Å²) in [4.78, 5) is 0. The lowest BCUT2D eigenvalue weighted by molar-refractivity contribution is 0.415. The molecule has 1 heterocycles. The van der Waals surface area contributed by atoms with Crippen LogP contribution in [0.4, 0.5) is 5.69 Å². The highest BCUT2D eigenvalue weighted by Crippen LogP contribution is 2.28. The summed E-state index contributed by atoms with van der Waals surface area (Å²) in [5.41, 5.74) is 0.766. The molecule has 0 radical (unpaired) electrons. The maximum Gasteiger partial charge on any atom is 0.173 e. The van der Waals surface area contributed by atoms with Crippen molar-refractivity contribution < 1.29 is 13.2 Å². The van der Waals surface area contributed by atoms with Gasteiger partial charge in [0.2, 0.25) is 0 Å². The van der Waals surface area contributed by atoms with Gasteiger partial charge in [-0.1, -0.05) is 17.7 Å². The van der Waals surface area contributed by atoms with Crippen molar-refractivity contribution in [2.24, 2.45) is 0 Å². The van der Waals surface area contributed by atoms with Gasteiger partial charge in [0.05, 0.1) is 23.9 Å². The van der Waals surface area contributed by atoms with Crippen LogP contribution >= 0.6 is 11.6 Å². The number of rotatable bonds is 3. The van der Waals surface area contributed by atoms with Crippen LogP contribution in [0.1, 0.15) is 0 Å². The third-order valence-corrected chi connectivity index (χ3v) is 4.12. The van der Waals surface area contributed by atoms with Gasteiger partial charge in [-0.05, 0) is 18.2 Å². The number of hydrogen-bond donors (Lipinski definition) is 1. The highest BCUT2D eigenvalue weighted by atomic mass is 35.5. The summed E-state index contributed by atoms with van der Waals surface area (Å²) in [6, 6.07) is 5.03. The molecule has 1 aromatic carbocycles. The Labute approximate surface area is 105 Å². The third-order valence-electron chi connectivity index (χ3n) is 2.43. The van der Waals surface area contributed by atoms with Crippen molar-refractivity contribution in [2.75, 3.05) is 18.2 Å². The van der Waals surface area contributed by atoms with Crippen molar-refractivity contribution in [1.29, 1.82) is 0 Å². The number of benzene rings is 1. The minimum atomic E-state index is -3.04. The van der Waals surface area contributed by atoms with E-state index in [1.54, 1.807) is 31.4 Å². The average molecular weight is 274 g/mol. The summed E-state index contributed by atoms with van der Waals surface area (Å²) in [6.45, 7) is 0. The molecule has 6 heteroatoms. The number of ether oxygens (including phenoxy) is 1. The van der Waals surface area contributed by atoms with E-state index in [0.29, 0.717) is 10.8 Å². The first-order valence-electron chi connectivity index (χ1n) is 5.01. The summed E-state index contributed by atoms with van der Waals surface area (Å²) in [5.74, 6) is 0.670. The molecule has 1 atom stereocenters. The Bertz CT molecular complexity index is 554. The van der Waals surface area contributed by atoms with Gasteiger partial charge in [0.1, 0.15) is 5.75 Å². The molecule has 0 fully saturated rings. The van der Waals surface area contributed by atoms with Gasteiger partial charge < -0.3 is 10.1 Å². The molecule has 0 spiro atoms. The SMILES string of the molecule is COc1ccc(NC2C=CS(=O)(=O)C2)cc1Cl. The molecule has 0 saturated heterocycles. The first-order chi connectivity index (χ1) is 8.00. The van der Waals surface area contributed by atoms with E-state index in [2.05, 4.69) is 5.32 Å². The number of nitrogens with one attached hydrogen (secondary N) is 1. The first-order valence-corrected chi connectivity index (χ1v) is 7.10. The van der Waals surface area contributed by atoms with Gasteiger partial charge in [0, 0.05) is 11.1 Å². The Hall–Kier alpha value is -1.20. The van der Waals surface area contributed by atoms with Gasteiger partial charge in [-0.2, -0.15) is 0 Å². The second kappa shape index (κ2) is 4.58. The summed E-state index contributed by atoms with van der Waals surface area (Å²) in [6.07, 6.45) is 1.63. The first kappa shape index (κ1) is 12.3. The highest BCUT2D eigenvalue weighted by Gasteiger charge is 2.21. The molecule has 0 amide bonds. The predicted octanol–water partition coefficient (Wildman–Crippen LogP) is 2.07. The number of halogens is 1. The van der Waals surface area contributed by atoms with Gasteiger partial charge in [-0.25, -0.2) is 8.42 Å². The van der Waals surface area contributed by atoms with Crippen molar-refractivity contribution in [1.82, 2.24) is 0 Å². The van der Waals surface area contributed by atoms with Gasteiger partial charge in [0.25, 0.3) is 0 Å². The smallest absolute Gasteiger partial charge is 0.173 e. The van der Waals surface area contributed by atoms with Gasteiger partial charge in [-0.3, -0.25) is 0 Å². The standard InChI is InChI=1S/C11H12ClNO3S/c1-16-11-3-2-8(6-10(11)12)13-9-4-5-17(14,15)7-9/h2-6,9,13H,7H2,1H3. The zero-order chi connectivity index (χ0) is 12.5. The average Bonchev–Trinajstić information content (AvgIpc) is 2.58. The topological polar surface area (TPSA) is 55.4 Å². The van der Waals surface area contributed by atoms with E-state index in [-0.39, 0.29) is 11.8 Å². The lowest BCUT2D eigenvalue weighted by atomic mass is 10.2. The Balaban J connectivity index is 2.10. The van der Waals surface area contributed by atoms with Crippen molar-refractivity contribution in [2.45, 2.75) is 6.04 Å². The summed E-state index contributed by atoms with van der Waals surface area (Å²) in [7, 11) is -1.50. The van der Waals surface area contributed by atoms with Crippen molar-refractivity contribution in [3.8, 4) is 5.75 Å². The van der Waals surface area contributed by atoms with Gasteiger partial charge >= 0.3 is 0 Å². The monoisotopic (exact) mass is 273 g/mol. The minimum Gasteiger partial charge on any atom is -0.495 e. The van der Waals surface area contributed by atoms with Crippen molar-refractivity contribution >= 4 is 27.1 Å². The Morgan fingerprint density at radius 3 is 2.76 bits per heavy atom. The van der Waals surface area contributed by atoms with E-state index in [1.807, 2.05) is 0 Å². The van der Waals surface area contributed by atoms with Gasteiger partial charge in [0.15, 0.2) is 9.84 Å². The maximum atomic E-state index is 11.2. The van der Waals surface area contributed by atoms with Crippen LogP contribution in [0.15, 0.2) is 29.7 Å². The maximum absolute atomic E-state index is 11.2. The van der Waals surface area contributed by atoms with Crippen LogP contribution in [-0.2, 0) is 9.84 Å². The molecule has 2 rings (SSSR count). The molecule has 92 valence electrons. The van der Waals surface area contributed by atoms with E-state index in [9.17, 15) is 8.42 Å². The molecule has 0 aromatic heterocycles. The van der Waals surface area contributed by atoms with Crippen LogP contribution in [-0.4, -0.2) is 27.3 Å². The zero-order valence-electron chi connectivity index (χ0n) is 9.18. The minimum absolute atomic E-state index is 0.0800. The number of methoxy groups -OCH3 is 1. The molecular formula is C11H12ClNO3S. The zero-order valence-corrected chi connectivity index (χ0v) is 10.8. The molecule has 4 nitrogen and oxygen atoms in total. The molecular weight excluding hydrogens is 262 g/mol. The fraction of sp³-hybridized carbons (Fsp3) is 0.273. The quantitative estimate of drug-likeness (QED) is 0.916. The van der Waals surface area contributed by atoms with Crippen molar-refractivity contribution in [3.05, 3.63) is 34.7 Å². The number of anilines is 1. The van der Waals surface area contributed by atoms with E-state index in [1.165, 1.54) is 5.41 Å². The van der Waals surface area contributed by atoms with E-state index in [0.717, 1.165) is 5.69 Å². The molecule has 0 aliphatic carbocycles. The van der Waals surface area contributed by atoms with E-state index in [4.69, 9.17) is 16.3 Å². The lowest BCUT2D eigenvalue weighted by Gasteiger charge is -2.12. The molecule has 1 unspecified atom stereocenters. The number of hydrogen-bond acceptors (Lipinski definition) is 4. The van der Waals surface area contributed by atoms with Crippen LogP contribution in [0.3, 0.4) is 0 Å². The Kier molecular flexibility index (Phi) is 3.31. The predicted molar refractivity (Wildman–Crippen MR) is 68.3 cm³/mol.